The Kier molecular flexibility index (Phi) is 4.07. The first-order chi connectivity index (χ1) is 7.22. The molecule has 0 aliphatic carbocycles. The van der Waals surface area contributed by atoms with Crippen molar-refractivity contribution in [1.82, 2.24) is 5.32 Å². The van der Waals surface area contributed by atoms with Crippen molar-refractivity contribution in [2.75, 3.05) is 13.7 Å². The van der Waals surface area contributed by atoms with Crippen molar-refractivity contribution in [1.29, 1.82) is 5.26 Å². The molecule has 15 heavy (non-hydrogen) atoms. The van der Waals surface area contributed by atoms with Crippen LogP contribution in [0.25, 0.3) is 0 Å². The summed E-state index contributed by atoms with van der Waals surface area (Å²) in [5, 5.41) is 11.8. The fourth-order valence-electron chi connectivity index (χ4n) is 1.30. The van der Waals surface area contributed by atoms with E-state index in [1.165, 1.54) is 19.2 Å². The third-order valence-electron chi connectivity index (χ3n) is 2.05. The van der Waals surface area contributed by atoms with Crippen LogP contribution >= 0.6 is 0 Å². The van der Waals surface area contributed by atoms with Gasteiger partial charge in [-0.25, -0.2) is 4.39 Å². The number of hydrogen-bond acceptors (Lipinski definition) is 3. The van der Waals surface area contributed by atoms with Crippen molar-refractivity contribution in [3.05, 3.63) is 29.6 Å². The third kappa shape index (κ3) is 2.67. The Hall–Kier alpha value is -1.60. The standard InChI is InChI=1S/C11H13FN2O/c1-3-14-10(7-13)8-4-5-11(15-2)9(12)6-8/h4-6,10,14H,3H2,1-2H3. The summed E-state index contributed by atoms with van der Waals surface area (Å²) in [4.78, 5) is 0. The second-order valence-electron chi connectivity index (χ2n) is 3.01. The molecule has 0 heterocycles. The first kappa shape index (κ1) is 11.5. The molecular formula is C11H13FN2O. The average molecular weight is 208 g/mol. The first-order valence-electron chi connectivity index (χ1n) is 4.69. The van der Waals surface area contributed by atoms with Crippen molar-refractivity contribution < 1.29 is 9.13 Å². The Bertz CT molecular complexity index is 373. The molecule has 0 fully saturated rings. The zero-order chi connectivity index (χ0) is 11.3. The molecule has 3 nitrogen and oxygen atoms in total. The fraction of sp³-hybridized carbons (Fsp3) is 0.364. The molecule has 0 radical (unpaired) electrons. The summed E-state index contributed by atoms with van der Waals surface area (Å²) in [7, 11) is 1.41. The van der Waals surface area contributed by atoms with Crippen LogP contribution in [0, 0.1) is 17.1 Å². The average Bonchev–Trinajstić information content (AvgIpc) is 2.25. The molecular weight excluding hydrogens is 195 g/mol. The highest BCUT2D eigenvalue weighted by atomic mass is 19.1. The molecule has 1 unspecified atom stereocenters. The van der Waals surface area contributed by atoms with Gasteiger partial charge in [0.15, 0.2) is 11.6 Å². The number of nitriles is 1. The van der Waals surface area contributed by atoms with E-state index in [1.807, 2.05) is 6.92 Å². The van der Waals surface area contributed by atoms with Crippen LogP contribution in [0.4, 0.5) is 4.39 Å². The number of benzene rings is 1. The van der Waals surface area contributed by atoms with E-state index in [0.29, 0.717) is 12.1 Å². The van der Waals surface area contributed by atoms with E-state index >= 15 is 0 Å². The fourth-order valence-corrected chi connectivity index (χ4v) is 1.30. The number of methoxy groups -OCH3 is 1. The maximum Gasteiger partial charge on any atom is 0.165 e. The lowest BCUT2D eigenvalue weighted by molar-refractivity contribution is 0.386. The molecule has 0 bridgehead atoms. The zero-order valence-corrected chi connectivity index (χ0v) is 8.75. The second-order valence-corrected chi connectivity index (χ2v) is 3.01. The number of halogens is 1. The highest BCUT2D eigenvalue weighted by molar-refractivity contribution is 5.33. The quantitative estimate of drug-likeness (QED) is 0.823. The van der Waals surface area contributed by atoms with Gasteiger partial charge in [-0.3, -0.25) is 5.32 Å². The highest BCUT2D eigenvalue weighted by Crippen LogP contribution is 2.21. The number of ether oxygens (including phenoxy) is 1. The van der Waals surface area contributed by atoms with E-state index < -0.39 is 11.9 Å². The van der Waals surface area contributed by atoms with Gasteiger partial charge in [-0.2, -0.15) is 5.26 Å². The minimum Gasteiger partial charge on any atom is -0.494 e. The minimum absolute atomic E-state index is 0.187. The maximum absolute atomic E-state index is 13.3. The Labute approximate surface area is 88.5 Å². The summed E-state index contributed by atoms with van der Waals surface area (Å²) in [6, 6.07) is 6.10. The summed E-state index contributed by atoms with van der Waals surface area (Å²) in [6.45, 7) is 2.55. The molecule has 0 saturated heterocycles. The van der Waals surface area contributed by atoms with Crippen molar-refractivity contribution >= 4 is 0 Å². The Morgan fingerprint density at radius 1 is 1.60 bits per heavy atom. The topological polar surface area (TPSA) is 45.0 Å². The molecule has 4 heteroatoms. The first-order valence-corrected chi connectivity index (χ1v) is 4.69. The summed E-state index contributed by atoms with van der Waals surface area (Å²) >= 11 is 0. The lowest BCUT2D eigenvalue weighted by Crippen LogP contribution is -2.19. The number of nitrogens with zero attached hydrogens (tertiary/aromatic N) is 1. The summed E-state index contributed by atoms with van der Waals surface area (Å²) in [5.41, 5.74) is 0.609. The van der Waals surface area contributed by atoms with Crippen LogP contribution in [-0.4, -0.2) is 13.7 Å². The lowest BCUT2D eigenvalue weighted by atomic mass is 10.1. The number of rotatable bonds is 4. The van der Waals surface area contributed by atoms with Gasteiger partial charge in [0.25, 0.3) is 0 Å². The lowest BCUT2D eigenvalue weighted by Gasteiger charge is -2.11. The SMILES string of the molecule is CCNC(C#N)c1ccc(OC)c(F)c1. The summed E-state index contributed by atoms with van der Waals surface area (Å²) in [5.74, 6) is -0.264. The molecule has 0 aliphatic rings. The normalized spacial score (nSPS) is 11.9. The predicted octanol–water partition coefficient (Wildman–Crippen LogP) is 2.01. The predicted molar refractivity (Wildman–Crippen MR) is 55.0 cm³/mol. The molecule has 0 aliphatic heterocycles. The molecule has 0 amide bonds. The molecule has 1 N–H and O–H groups in total. The molecule has 0 saturated carbocycles. The molecule has 1 aromatic carbocycles. The van der Waals surface area contributed by atoms with Crippen LogP contribution in [0.15, 0.2) is 18.2 Å². The van der Waals surface area contributed by atoms with Crippen LogP contribution in [-0.2, 0) is 0 Å². The second kappa shape index (κ2) is 5.32. The van der Waals surface area contributed by atoms with Crippen LogP contribution in [0.3, 0.4) is 0 Å². The van der Waals surface area contributed by atoms with Gasteiger partial charge in [0.05, 0.1) is 13.2 Å². The smallest absolute Gasteiger partial charge is 0.165 e. The van der Waals surface area contributed by atoms with Gasteiger partial charge >= 0.3 is 0 Å². The highest BCUT2D eigenvalue weighted by Gasteiger charge is 2.11. The van der Waals surface area contributed by atoms with Crippen LogP contribution in [0.1, 0.15) is 18.5 Å². The van der Waals surface area contributed by atoms with E-state index in [1.54, 1.807) is 6.07 Å². The van der Waals surface area contributed by atoms with E-state index in [4.69, 9.17) is 10.00 Å². The van der Waals surface area contributed by atoms with Gasteiger partial charge in [-0.05, 0) is 24.2 Å². The van der Waals surface area contributed by atoms with Crippen molar-refractivity contribution in [3.63, 3.8) is 0 Å². The third-order valence-corrected chi connectivity index (χ3v) is 2.05. The Morgan fingerprint density at radius 2 is 2.33 bits per heavy atom. The van der Waals surface area contributed by atoms with Crippen molar-refractivity contribution in [3.8, 4) is 11.8 Å². The van der Waals surface area contributed by atoms with Gasteiger partial charge < -0.3 is 4.74 Å². The molecule has 1 rings (SSSR count). The van der Waals surface area contributed by atoms with Gasteiger partial charge in [0.2, 0.25) is 0 Å². The largest absolute Gasteiger partial charge is 0.494 e. The van der Waals surface area contributed by atoms with Gasteiger partial charge in [-0.1, -0.05) is 13.0 Å². The molecule has 1 atom stereocenters. The molecule has 80 valence electrons. The van der Waals surface area contributed by atoms with Crippen LogP contribution in [0.5, 0.6) is 5.75 Å². The Morgan fingerprint density at radius 3 is 2.80 bits per heavy atom. The summed E-state index contributed by atoms with van der Waals surface area (Å²) < 4.78 is 18.1. The summed E-state index contributed by atoms with van der Waals surface area (Å²) in [6.07, 6.45) is 0. The minimum atomic E-state index is -0.476. The van der Waals surface area contributed by atoms with E-state index in [-0.39, 0.29) is 5.75 Å². The maximum atomic E-state index is 13.3. The van der Waals surface area contributed by atoms with E-state index in [2.05, 4.69) is 11.4 Å². The van der Waals surface area contributed by atoms with Gasteiger partial charge in [0, 0.05) is 0 Å². The van der Waals surface area contributed by atoms with E-state index in [9.17, 15) is 4.39 Å². The van der Waals surface area contributed by atoms with Gasteiger partial charge in [-0.15, -0.1) is 0 Å². The Balaban J connectivity index is 2.96. The monoisotopic (exact) mass is 208 g/mol. The van der Waals surface area contributed by atoms with Gasteiger partial charge in [0.1, 0.15) is 6.04 Å². The van der Waals surface area contributed by atoms with Crippen LogP contribution in [0.2, 0.25) is 0 Å². The number of hydrogen-bond donors (Lipinski definition) is 1. The van der Waals surface area contributed by atoms with Crippen LogP contribution < -0.4 is 10.1 Å². The number of nitrogens with one attached hydrogen (secondary N) is 1. The zero-order valence-electron chi connectivity index (χ0n) is 8.75. The molecule has 0 spiro atoms. The van der Waals surface area contributed by atoms with Crippen molar-refractivity contribution in [2.45, 2.75) is 13.0 Å². The van der Waals surface area contributed by atoms with E-state index in [0.717, 1.165) is 0 Å². The molecule has 0 aromatic heterocycles. The van der Waals surface area contributed by atoms with Crippen molar-refractivity contribution in [2.24, 2.45) is 0 Å². The molecule has 1 aromatic rings.